The van der Waals surface area contributed by atoms with Crippen LogP contribution in [-0.4, -0.2) is 36.2 Å². The molecule has 0 aliphatic heterocycles. The summed E-state index contributed by atoms with van der Waals surface area (Å²) in [5.74, 6) is 0.473. The van der Waals surface area contributed by atoms with E-state index in [1.807, 2.05) is 14.0 Å². The van der Waals surface area contributed by atoms with E-state index in [4.69, 9.17) is 4.42 Å². The quantitative estimate of drug-likeness (QED) is 0.588. The van der Waals surface area contributed by atoms with Crippen LogP contribution in [-0.2, 0) is 4.79 Å². The molecule has 0 aliphatic carbocycles. The zero-order chi connectivity index (χ0) is 12.0. The van der Waals surface area contributed by atoms with Crippen molar-refractivity contribution in [3.63, 3.8) is 0 Å². The third-order valence-electron chi connectivity index (χ3n) is 2.02. The van der Waals surface area contributed by atoms with E-state index >= 15 is 0 Å². The number of hydrogen-bond acceptors (Lipinski definition) is 6. The first-order valence-corrected chi connectivity index (χ1v) is 5.12. The van der Waals surface area contributed by atoms with Gasteiger partial charge in [0.25, 0.3) is 0 Å². The molecule has 1 aromatic heterocycles. The van der Waals surface area contributed by atoms with Gasteiger partial charge in [0.15, 0.2) is 0 Å². The van der Waals surface area contributed by atoms with Gasteiger partial charge >= 0.3 is 6.01 Å². The van der Waals surface area contributed by atoms with Gasteiger partial charge < -0.3 is 20.4 Å². The summed E-state index contributed by atoms with van der Waals surface area (Å²) in [6, 6.07) is 0.390. The Morgan fingerprint density at radius 3 is 2.81 bits per heavy atom. The van der Waals surface area contributed by atoms with Crippen LogP contribution in [0.15, 0.2) is 4.42 Å². The van der Waals surface area contributed by atoms with Crippen LogP contribution < -0.4 is 16.0 Å². The van der Waals surface area contributed by atoms with Gasteiger partial charge in [-0.05, 0) is 14.0 Å². The standard InChI is InChI=1S/C9H17N5O2/c1-6(10-3)8-13-14-9(16-8)12-5-4-11-7(2)15/h6,10H,4-5H2,1-3H3,(H,11,15)(H,12,14). The van der Waals surface area contributed by atoms with Gasteiger partial charge in [-0.1, -0.05) is 5.10 Å². The van der Waals surface area contributed by atoms with Gasteiger partial charge in [0.05, 0.1) is 6.04 Å². The van der Waals surface area contributed by atoms with E-state index in [9.17, 15) is 4.79 Å². The molecule has 0 bridgehead atoms. The van der Waals surface area contributed by atoms with Gasteiger partial charge in [-0.2, -0.15) is 0 Å². The van der Waals surface area contributed by atoms with E-state index < -0.39 is 0 Å². The lowest BCUT2D eigenvalue weighted by Crippen LogP contribution is -2.26. The predicted octanol–water partition coefficient (Wildman–Crippen LogP) is -0.102. The Bertz CT molecular complexity index is 338. The number of aromatic nitrogens is 2. The second-order valence-corrected chi connectivity index (χ2v) is 3.37. The number of anilines is 1. The van der Waals surface area contributed by atoms with Gasteiger partial charge in [-0.25, -0.2) is 0 Å². The molecule has 90 valence electrons. The van der Waals surface area contributed by atoms with Crippen LogP contribution in [0.4, 0.5) is 6.01 Å². The van der Waals surface area contributed by atoms with Crippen LogP contribution in [0.3, 0.4) is 0 Å². The highest BCUT2D eigenvalue weighted by molar-refractivity contribution is 5.72. The molecule has 0 aliphatic rings. The van der Waals surface area contributed by atoms with E-state index in [-0.39, 0.29) is 11.9 Å². The van der Waals surface area contributed by atoms with Gasteiger partial charge in [0, 0.05) is 20.0 Å². The second kappa shape index (κ2) is 6.06. The number of carbonyl (C=O) groups excluding carboxylic acids is 1. The van der Waals surface area contributed by atoms with E-state index in [2.05, 4.69) is 26.1 Å². The Hall–Kier alpha value is -1.63. The van der Waals surface area contributed by atoms with Crippen LogP contribution in [0.5, 0.6) is 0 Å². The molecular weight excluding hydrogens is 210 g/mol. The smallest absolute Gasteiger partial charge is 0.315 e. The molecule has 1 atom stereocenters. The first-order valence-electron chi connectivity index (χ1n) is 5.12. The van der Waals surface area contributed by atoms with Gasteiger partial charge in [0.2, 0.25) is 11.8 Å². The van der Waals surface area contributed by atoms with Crippen molar-refractivity contribution in [2.24, 2.45) is 0 Å². The summed E-state index contributed by atoms with van der Waals surface area (Å²) >= 11 is 0. The third-order valence-corrected chi connectivity index (χ3v) is 2.02. The highest BCUT2D eigenvalue weighted by atomic mass is 16.4. The number of amides is 1. The Morgan fingerprint density at radius 1 is 1.44 bits per heavy atom. The summed E-state index contributed by atoms with van der Waals surface area (Å²) in [4.78, 5) is 10.6. The number of hydrogen-bond donors (Lipinski definition) is 3. The van der Waals surface area contributed by atoms with Crippen LogP contribution in [0, 0.1) is 0 Å². The number of carbonyl (C=O) groups is 1. The van der Waals surface area contributed by atoms with Crippen molar-refractivity contribution in [2.45, 2.75) is 19.9 Å². The normalized spacial score (nSPS) is 12.2. The fraction of sp³-hybridized carbons (Fsp3) is 0.667. The Morgan fingerprint density at radius 2 is 2.19 bits per heavy atom. The van der Waals surface area contributed by atoms with Crippen LogP contribution >= 0.6 is 0 Å². The zero-order valence-electron chi connectivity index (χ0n) is 9.70. The first kappa shape index (κ1) is 12.4. The average Bonchev–Trinajstić information content (AvgIpc) is 2.71. The van der Waals surface area contributed by atoms with Crippen molar-refractivity contribution in [1.82, 2.24) is 20.8 Å². The molecule has 0 saturated heterocycles. The van der Waals surface area contributed by atoms with Crippen molar-refractivity contribution in [1.29, 1.82) is 0 Å². The van der Waals surface area contributed by atoms with Crippen LogP contribution in [0.25, 0.3) is 0 Å². The summed E-state index contributed by atoms with van der Waals surface area (Å²) < 4.78 is 5.33. The molecule has 1 rings (SSSR count). The SMILES string of the molecule is CNC(C)c1nnc(NCCNC(C)=O)o1. The summed E-state index contributed by atoms with van der Waals surface area (Å²) in [7, 11) is 1.82. The largest absolute Gasteiger partial charge is 0.406 e. The molecule has 0 spiro atoms. The van der Waals surface area contributed by atoms with Gasteiger partial charge in [0.1, 0.15) is 0 Å². The lowest BCUT2D eigenvalue weighted by Gasteiger charge is -2.03. The number of nitrogens with one attached hydrogen (secondary N) is 3. The van der Waals surface area contributed by atoms with Gasteiger partial charge in [-0.3, -0.25) is 4.79 Å². The van der Waals surface area contributed by atoms with Crippen LogP contribution in [0.2, 0.25) is 0 Å². The Balaban J connectivity index is 2.32. The van der Waals surface area contributed by atoms with Crippen molar-refractivity contribution < 1.29 is 9.21 Å². The highest BCUT2D eigenvalue weighted by Crippen LogP contribution is 2.12. The molecule has 3 N–H and O–H groups in total. The van der Waals surface area contributed by atoms with E-state index in [0.717, 1.165) is 0 Å². The average molecular weight is 227 g/mol. The van der Waals surface area contributed by atoms with E-state index in [0.29, 0.717) is 25.0 Å². The molecule has 0 aromatic carbocycles. The minimum atomic E-state index is -0.0585. The van der Waals surface area contributed by atoms with E-state index in [1.165, 1.54) is 6.92 Å². The van der Waals surface area contributed by atoms with Crippen LogP contribution in [0.1, 0.15) is 25.8 Å². The lowest BCUT2D eigenvalue weighted by molar-refractivity contribution is -0.118. The molecule has 1 aromatic rings. The maximum absolute atomic E-state index is 10.6. The molecule has 7 nitrogen and oxygen atoms in total. The maximum atomic E-state index is 10.6. The van der Waals surface area contributed by atoms with Crippen molar-refractivity contribution in [2.75, 3.05) is 25.5 Å². The van der Waals surface area contributed by atoms with Crippen molar-refractivity contribution >= 4 is 11.9 Å². The molecule has 16 heavy (non-hydrogen) atoms. The predicted molar refractivity (Wildman–Crippen MR) is 58.9 cm³/mol. The molecule has 0 saturated carbocycles. The Labute approximate surface area is 94.0 Å². The minimum Gasteiger partial charge on any atom is -0.406 e. The topological polar surface area (TPSA) is 92.1 Å². The van der Waals surface area contributed by atoms with E-state index in [1.54, 1.807) is 0 Å². The lowest BCUT2D eigenvalue weighted by atomic mass is 10.3. The molecule has 7 heteroatoms. The molecular formula is C9H17N5O2. The van der Waals surface area contributed by atoms with Crippen molar-refractivity contribution in [3.05, 3.63) is 5.89 Å². The second-order valence-electron chi connectivity index (χ2n) is 3.37. The number of nitrogens with zero attached hydrogens (tertiary/aromatic N) is 2. The minimum absolute atomic E-state index is 0.0263. The fourth-order valence-corrected chi connectivity index (χ4v) is 1.01. The summed E-state index contributed by atoms with van der Waals surface area (Å²) in [6.07, 6.45) is 0. The van der Waals surface area contributed by atoms with Gasteiger partial charge in [-0.15, -0.1) is 5.10 Å². The molecule has 1 unspecified atom stereocenters. The monoisotopic (exact) mass is 227 g/mol. The molecule has 1 amide bonds. The van der Waals surface area contributed by atoms with Crippen molar-refractivity contribution in [3.8, 4) is 0 Å². The molecule has 0 fully saturated rings. The summed E-state index contributed by atoms with van der Waals surface area (Å²) in [6.45, 7) is 4.47. The number of rotatable bonds is 6. The third kappa shape index (κ3) is 3.85. The summed E-state index contributed by atoms with van der Waals surface area (Å²) in [5, 5.41) is 16.3. The molecule has 0 radical (unpaired) electrons. The fourth-order valence-electron chi connectivity index (χ4n) is 1.01. The highest BCUT2D eigenvalue weighted by Gasteiger charge is 2.10. The maximum Gasteiger partial charge on any atom is 0.315 e. The molecule has 1 heterocycles. The zero-order valence-corrected chi connectivity index (χ0v) is 9.70. The first-order chi connectivity index (χ1) is 7.63. The Kier molecular flexibility index (Phi) is 4.71. The summed E-state index contributed by atoms with van der Waals surface area (Å²) in [5.41, 5.74) is 0.